The van der Waals surface area contributed by atoms with Crippen LogP contribution in [-0.4, -0.2) is 26.7 Å². The maximum Gasteiger partial charge on any atom is -0.000593 e. The van der Waals surface area contributed by atoms with Crippen LogP contribution in [0.1, 0.15) is 52.4 Å². The molecule has 2 N–H and O–H groups in total. The van der Waals surface area contributed by atoms with Gasteiger partial charge < -0.3 is 10.6 Å². The SMILES string of the molecule is CNCC(CNCCC1CCCCC1)C(C)C. The third kappa shape index (κ3) is 6.42. The normalized spacial score (nSPS) is 19.8. The fourth-order valence-electron chi connectivity index (χ4n) is 2.88. The molecule has 2 heteroatoms. The first-order valence-electron chi connectivity index (χ1n) is 7.59. The van der Waals surface area contributed by atoms with Crippen molar-refractivity contribution in [3.63, 3.8) is 0 Å². The van der Waals surface area contributed by atoms with Gasteiger partial charge in [0.15, 0.2) is 0 Å². The lowest BCUT2D eigenvalue weighted by Crippen LogP contribution is -2.34. The summed E-state index contributed by atoms with van der Waals surface area (Å²) in [6.45, 7) is 8.17. The Kier molecular flexibility index (Phi) is 7.87. The van der Waals surface area contributed by atoms with Gasteiger partial charge in [-0.2, -0.15) is 0 Å². The monoisotopic (exact) mass is 240 g/mol. The van der Waals surface area contributed by atoms with Gasteiger partial charge in [-0.05, 0) is 50.9 Å². The van der Waals surface area contributed by atoms with Crippen molar-refractivity contribution in [1.29, 1.82) is 0 Å². The van der Waals surface area contributed by atoms with Crippen LogP contribution < -0.4 is 10.6 Å². The maximum absolute atomic E-state index is 3.66. The van der Waals surface area contributed by atoms with Gasteiger partial charge in [0.1, 0.15) is 0 Å². The Morgan fingerprint density at radius 1 is 1.06 bits per heavy atom. The topological polar surface area (TPSA) is 24.1 Å². The van der Waals surface area contributed by atoms with E-state index >= 15 is 0 Å². The molecule has 17 heavy (non-hydrogen) atoms. The second-order valence-electron chi connectivity index (χ2n) is 6.06. The van der Waals surface area contributed by atoms with Crippen LogP contribution in [0.25, 0.3) is 0 Å². The highest BCUT2D eigenvalue weighted by Crippen LogP contribution is 2.25. The van der Waals surface area contributed by atoms with E-state index in [2.05, 4.69) is 31.5 Å². The molecule has 1 fully saturated rings. The summed E-state index contributed by atoms with van der Waals surface area (Å²) in [5.41, 5.74) is 0. The van der Waals surface area contributed by atoms with Crippen LogP contribution in [-0.2, 0) is 0 Å². The van der Waals surface area contributed by atoms with Crippen molar-refractivity contribution in [2.75, 3.05) is 26.7 Å². The fraction of sp³-hybridized carbons (Fsp3) is 1.00. The Balaban J connectivity index is 2.04. The minimum Gasteiger partial charge on any atom is -0.319 e. The summed E-state index contributed by atoms with van der Waals surface area (Å²) in [6.07, 6.45) is 8.77. The van der Waals surface area contributed by atoms with Crippen molar-refractivity contribution in [3.05, 3.63) is 0 Å². The van der Waals surface area contributed by atoms with Crippen molar-refractivity contribution in [2.24, 2.45) is 17.8 Å². The van der Waals surface area contributed by atoms with Crippen LogP contribution in [0, 0.1) is 17.8 Å². The minimum absolute atomic E-state index is 0.768. The van der Waals surface area contributed by atoms with Gasteiger partial charge in [-0.25, -0.2) is 0 Å². The largest absolute Gasteiger partial charge is 0.319 e. The Morgan fingerprint density at radius 3 is 2.35 bits per heavy atom. The molecule has 0 heterocycles. The first-order chi connectivity index (χ1) is 8.24. The van der Waals surface area contributed by atoms with Crippen LogP contribution in [0.3, 0.4) is 0 Å². The van der Waals surface area contributed by atoms with Crippen molar-refractivity contribution in [2.45, 2.75) is 52.4 Å². The lowest BCUT2D eigenvalue weighted by molar-refractivity contribution is 0.315. The van der Waals surface area contributed by atoms with E-state index in [1.165, 1.54) is 51.6 Å². The van der Waals surface area contributed by atoms with Crippen LogP contribution in [0.4, 0.5) is 0 Å². The Hall–Kier alpha value is -0.0800. The summed E-state index contributed by atoms with van der Waals surface area (Å²) < 4.78 is 0. The first kappa shape index (κ1) is 15.0. The molecule has 1 aliphatic rings. The molecule has 0 radical (unpaired) electrons. The van der Waals surface area contributed by atoms with E-state index in [4.69, 9.17) is 0 Å². The summed E-state index contributed by atoms with van der Waals surface area (Å²) in [4.78, 5) is 0. The molecule has 1 unspecified atom stereocenters. The molecular formula is C15H32N2. The molecule has 2 nitrogen and oxygen atoms in total. The molecule has 1 aliphatic carbocycles. The smallest absolute Gasteiger partial charge is 0.000593 e. The van der Waals surface area contributed by atoms with Crippen LogP contribution >= 0.6 is 0 Å². The summed E-state index contributed by atoms with van der Waals surface area (Å²) in [7, 11) is 2.05. The van der Waals surface area contributed by atoms with Gasteiger partial charge in [-0.15, -0.1) is 0 Å². The average Bonchev–Trinajstić information content (AvgIpc) is 2.34. The number of nitrogens with one attached hydrogen (secondary N) is 2. The van der Waals surface area contributed by atoms with Gasteiger partial charge in [0.25, 0.3) is 0 Å². The molecular weight excluding hydrogens is 208 g/mol. The second-order valence-corrected chi connectivity index (χ2v) is 6.06. The number of hydrogen-bond donors (Lipinski definition) is 2. The standard InChI is InChI=1S/C15H32N2/c1-13(2)15(11-16-3)12-17-10-9-14-7-5-4-6-8-14/h13-17H,4-12H2,1-3H3. The first-order valence-corrected chi connectivity index (χ1v) is 7.59. The molecule has 0 aliphatic heterocycles. The quantitative estimate of drug-likeness (QED) is 0.637. The van der Waals surface area contributed by atoms with Gasteiger partial charge in [0, 0.05) is 0 Å². The zero-order valence-corrected chi connectivity index (χ0v) is 12.1. The van der Waals surface area contributed by atoms with Crippen molar-refractivity contribution < 1.29 is 0 Å². The summed E-state index contributed by atoms with van der Waals surface area (Å²) in [5, 5.41) is 6.96. The van der Waals surface area contributed by atoms with Gasteiger partial charge >= 0.3 is 0 Å². The van der Waals surface area contributed by atoms with E-state index in [0.717, 1.165) is 24.3 Å². The second kappa shape index (κ2) is 8.93. The van der Waals surface area contributed by atoms with E-state index in [0.29, 0.717) is 0 Å². The number of rotatable bonds is 8. The van der Waals surface area contributed by atoms with Gasteiger partial charge in [-0.1, -0.05) is 46.0 Å². The third-order valence-corrected chi connectivity index (χ3v) is 4.27. The highest BCUT2D eigenvalue weighted by molar-refractivity contribution is 4.70. The van der Waals surface area contributed by atoms with Crippen molar-refractivity contribution >= 4 is 0 Å². The van der Waals surface area contributed by atoms with Gasteiger partial charge in [0.2, 0.25) is 0 Å². The molecule has 1 saturated carbocycles. The molecule has 0 amide bonds. The van der Waals surface area contributed by atoms with Gasteiger partial charge in [-0.3, -0.25) is 0 Å². The van der Waals surface area contributed by atoms with E-state index < -0.39 is 0 Å². The molecule has 0 aromatic rings. The lowest BCUT2D eigenvalue weighted by Gasteiger charge is -2.24. The third-order valence-electron chi connectivity index (χ3n) is 4.27. The molecule has 0 saturated heterocycles. The molecule has 102 valence electrons. The molecule has 1 atom stereocenters. The molecule has 1 rings (SSSR count). The minimum atomic E-state index is 0.768. The van der Waals surface area contributed by atoms with Crippen molar-refractivity contribution in [3.8, 4) is 0 Å². The van der Waals surface area contributed by atoms with Crippen LogP contribution in [0.2, 0.25) is 0 Å². The highest BCUT2D eigenvalue weighted by Gasteiger charge is 2.14. The fourth-order valence-corrected chi connectivity index (χ4v) is 2.88. The summed E-state index contributed by atoms with van der Waals surface area (Å²) >= 11 is 0. The maximum atomic E-state index is 3.66. The Morgan fingerprint density at radius 2 is 1.76 bits per heavy atom. The van der Waals surface area contributed by atoms with Crippen LogP contribution in [0.15, 0.2) is 0 Å². The van der Waals surface area contributed by atoms with E-state index in [-0.39, 0.29) is 0 Å². The Bertz CT molecular complexity index is 174. The predicted octanol–water partition coefficient (Wildman–Crippen LogP) is 3.04. The van der Waals surface area contributed by atoms with Crippen molar-refractivity contribution in [1.82, 2.24) is 10.6 Å². The average molecular weight is 240 g/mol. The zero-order chi connectivity index (χ0) is 12.5. The van der Waals surface area contributed by atoms with E-state index in [1.54, 1.807) is 0 Å². The Labute approximate surface area is 108 Å². The lowest BCUT2D eigenvalue weighted by atomic mass is 9.87. The zero-order valence-electron chi connectivity index (χ0n) is 12.1. The summed E-state index contributed by atoms with van der Waals surface area (Å²) in [5.74, 6) is 2.55. The van der Waals surface area contributed by atoms with Gasteiger partial charge in [0.05, 0.1) is 0 Å². The predicted molar refractivity (Wildman–Crippen MR) is 76.3 cm³/mol. The molecule has 0 aromatic heterocycles. The van der Waals surface area contributed by atoms with E-state index in [9.17, 15) is 0 Å². The number of hydrogen-bond acceptors (Lipinski definition) is 2. The molecule has 0 bridgehead atoms. The molecule has 0 aromatic carbocycles. The van der Waals surface area contributed by atoms with Crippen LogP contribution in [0.5, 0.6) is 0 Å². The molecule has 0 spiro atoms. The highest BCUT2D eigenvalue weighted by atomic mass is 14.9. The summed E-state index contributed by atoms with van der Waals surface area (Å²) in [6, 6.07) is 0. The van der Waals surface area contributed by atoms with E-state index in [1.807, 2.05) is 0 Å².